The average molecular weight is 220 g/mol. The highest BCUT2D eigenvalue weighted by Gasteiger charge is 2.19. The summed E-state index contributed by atoms with van der Waals surface area (Å²) in [5.74, 6) is 0.367. The van der Waals surface area contributed by atoms with E-state index in [0.717, 1.165) is 25.1 Å². The van der Waals surface area contributed by atoms with Gasteiger partial charge in [-0.25, -0.2) is 0 Å². The Labute approximate surface area is 96.9 Å². The zero-order valence-electron chi connectivity index (χ0n) is 9.96. The first-order chi connectivity index (χ1) is 7.66. The maximum absolute atomic E-state index is 9.77. The van der Waals surface area contributed by atoms with E-state index in [0.29, 0.717) is 17.8 Å². The van der Waals surface area contributed by atoms with Gasteiger partial charge in [0, 0.05) is 18.6 Å². The van der Waals surface area contributed by atoms with Gasteiger partial charge >= 0.3 is 0 Å². The van der Waals surface area contributed by atoms with Crippen LogP contribution in [0.2, 0.25) is 0 Å². The number of rotatable bonds is 3. The Kier molecular flexibility index (Phi) is 3.34. The quantitative estimate of drug-likeness (QED) is 0.684. The molecule has 0 amide bonds. The Morgan fingerprint density at radius 1 is 1.50 bits per heavy atom. The molecule has 0 bridgehead atoms. The highest BCUT2D eigenvalue weighted by molar-refractivity contribution is 5.63. The van der Waals surface area contributed by atoms with E-state index >= 15 is 0 Å². The molecule has 3 nitrogen and oxygen atoms in total. The van der Waals surface area contributed by atoms with Crippen molar-refractivity contribution in [1.29, 1.82) is 0 Å². The molecule has 0 aliphatic carbocycles. The first-order valence-electron chi connectivity index (χ1n) is 5.97. The zero-order chi connectivity index (χ0) is 11.5. The molecule has 3 heteroatoms. The Hall–Kier alpha value is -1.22. The lowest BCUT2D eigenvalue weighted by atomic mass is 9.97. The molecule has 0 spiro atoms. The summed E-state index contributed by atoms with van der Waals surface area (Å²) < 4.78 is 0. The van der Waals surface area contributed by atoms with Crippen molar-refractivity contribution < 1.29 is 5.11 Å². The van der Waals surface area contributed by atoms with E-state index in [1.807, 2.05) is 6.07 Å². The summed E-state index contributed by atoms with van der Waals surface area (Å²) in [7, 11) is 0. The van der Waals surface area contributed by atoms with Crippen molar-refractivity contribution in [2.24, 2.45) is 0 Å². The fourth-order valence-electron chi connectivity index (χ4n) is 2.10. The summed E-state index contributed by atoms with van der Waals surface area (Å²) in [5.41, 5.74) is 2.14. The van der Waals surface area contributed by atoms with Gasteiger partial charge in [-0.3, -0.25) is 0 Å². The van der Waals surface area contributed by atoms with E-state index in [1.165, 1.54) is 5.56 Å². The third-order valence-corrected chi connectivity index (χ3v) is 3.01. The maximum Gasteiger partial charge on any atom is 0.138 e. The summed E-state index contributed by atoms with van der Waals surface area (Å²) in [6, 6.07) is 6.65. The monoisotopic (exact) mass is 220 g/mol. The lowest BCUT2D eigenvalue weighted by molar-refractivity contribution is 0.468. The van der Waals surface area contributed by atoms with Gasteiger partial charge in [-0.05, 0) is 24.5 Å². The highest BCUT2D eigenvalue weighted by atomic mass is 16.3. The van der Waals surface area contributed by atoms with Gasteiger partial charge in [-0.15, -0.1) is 0 Å². The summed E-state index contributed by atoms with van der Waals surface area (Å²) in [5, 5.41) is 16.6. The molecule has 2 rings (SSSR count). The van der Waals surface area contributed by atoms with Crippen LogP contribution in [0.3, 0.4) is 0 Å². The number of aromatic hydroxyl groups is 1. The number of hydrogen-bond donors (Lipinski definition) is 3. The minimum Gasteiger partial charge on any atom is -0.506 e. The molecule has 1 aromatic carbocycles. The highest BCUT2D eigenvalue weighted by Crippen LogP contribution is 2.32. The number of phenols is 1. The summed E-state index contributed by atoms with van der Waals surface area (Å²) in [6.07, 6.45) is 2.16. The predicted molar refractivity (Wildman–Crippen MR) is 67.0 cm³/mol. The molecule has 1 unspecified atom stereocenters. The van der Waals surface area contributed by atoms with Crippen LogP contribution in [-0.4, -0.2) is 23.7 Å². The van der Waals surface area contributed by atoms with Crippen LogP contribution in [0.4, 0.5) is 5.69 Å². The Morgan fingerprint density at radius 2 is 2.31 bits per heavy atom. The second-order valence-corrected chi connectivity index (χ2v) is 4.75. The number of aryl methyl sites for hydroxylation is 1. The molecule has 88 valence electrons. The Morgan fingerprint density at radius 3 is 3.06 bits per heavy atom. The topological polar surface area (TPSA) is 44.3 Å². The molecule has 0 fully saturated rings. The van der Waals surface area contributed by atoms with E-state index < -0.39 is 0 Å². The molecule has 3 N–H and O–H groups in total. The lowest BCUT2D eigenvalue weighted by Gasteiger charge is -2.28. The van der Waals surface area contributed by atoms with E-state index in [2.05, 4.69) is 30.5 Å². The number of benzene rings is 1. The van der Waals surface area contributed by atoms with Crippen LogP contribution >= 0.6 is 0 Å². The number of anilines is 1. The van der Waals surface area contributed by atoms with Gasteiger partial charge in [0.05, 0.1) is 5.69 Å². The fourth-order valence-corrected chi connectivity index (χ4v) is 2.10. The molecular formula is C13H20N2O. The number of nitrogens with one attached hydrogen (secondary N) is 2. The van der Waals surface area contributed by atoms with Gasteiger partial charge in [0.25, 0.3) is 0 Å². The minimum absolute atomic E-state index is 0.367. The summed E-state index contributed by atoms with van der Waals surface area (Å²) in [6.45, 7) is 5.24. The standard InChI is InChI=1S/C13H20N2O/c1-9(2)14-8-11-7-6-10-4-3-5-12(16)13(10)15-11/h3-5,9,11,14-16H,6-8H2,1-2H3. The zero-order valence-corrected chi connectivity index (χ0v) is 9.96. The Balaban J connectivity index is 2.03. The van der Waals surface area contributed by atoms with Crippen LogP contribution in [0.25, 0.3) is 0 Å². The van der Waals surface area contributed by atoms with Crippen molar-refractivity contribution in [1.82, 2.24) is 5.32 Å². The van der Waals surface area contributed by atoms with E-state index in [-0.39, 0.29) is 0 Å². The second kappa shape index (κ2) is 4.74. The summed E-state index contributed by atoms with van der Waals surface area (Å²) in [4.78, 5) is 0. The van der Waals surface area contributed by atoms with E-state index in [4.69, 9.17) is 0 Å². The number of fused-ring (bicyclic) bond motifs is 1. The van der Waals surface area contributed by atoms with Crippen LogP contribution < -0.4 is 10.6 Å². The van der Waals surface area contributed by atoms with Crippen molar-refractivity contribution in [3.05, 3.63) is 23.8 Å². The maximum atomic E-state index is 9.77. The first-order valence-corrected chi connectivity index (χ1v) is 5.97. The molecule has 0 saturated heterocycles. The minimum atomic E-state index is 0.367. The van der Waals surface area contributed by atoms with Crippen molar-refractivity contribution in [2.45, 2.75) is 38.8 Å². The van der Waals surface area contributed by atoms with E-state index in [1.54, 1.807) is 6.07 Å². The fraction of sp³-hybridized carbons (Fsp3) is 0.538. The molecule has 1 aliphatic rings. The van der Waals surface area contributed by atoms with Gasteiger partial charge in [0.15, 0.2) is 0 Å². The largest absolute Gasteiger partial charge is 0.506 e. The molecular weight excluding hydrogens is 200 g/mol. The van der Waals surface area contributed by atoms with Crippen molar-refractivity contribution >= 4 is 5.69 Å². The van der Waals surface area contributed by atoms with E-state index in [9.17, 15) is 5.11 Å². The molecule has 0 radical (unpaired) electrons. The van der Waals surface area contributed by atoms with Gasteiger partial charge in [-0.2, -0.15) is 0 Å². The Bertz CT molecular complexity index is 363. The molecule has 1 aromatic rings. The third kappa shape index (κ3) is 2.47. The normalized spacial score (nSPS) is 19.3. The van der Waals surface area contributed by atoms with Crippen molar-refractivity contribution in [2.75, 3.05) is 11.9 Å². The lowest BCUT2D eigenvalue weighted by Crippen LogP contribution is -2.38. The van der Waals surface area contributed by atoms with Crippen LogP contribution in [0.1, 0.15) is 25.8 Å². The van der Waals surface area contributed by atoms with Crippen molar-refractivity contribution in [3.63, 3.8) is 0 Å². The van der Waals surface area contributed by atoms with Gasteiger partial charge in [0.1, 0.15) is 5.75 Å². The van der Waals surface area contributed by atoms with Gasteiger partial charge in [0.2, 0.25) is 0 Å². The van der Waals surface area contributed by atoms with Gasteiger partial charge < -0.3 is 15.7 Å². The van der Waals surface area contributed by atoms with Crippen LogP contribution in [0.15, 0.2) is 18.2 Å². The third-order valence-electron chi connectivity index (χ3n) is 3.01. The number of phenolic OH excluding ortho intramolecular Hbond substituents is 1. The summed E-state index contributed by atoms with van der Waals surface area (Å²) >= 11 is 0. The van der Waals surface area contributed by atoms with Crippen LogP contribution in [0, 0.1) is 0 Å². The van der Waals surface area contributed by atoms with Gasteiger partial charge in [-0.1, -0.05) is 26.0 Å². The van der Waals surface area contributed by atoms with Crippen LogP contribution in [0.5, 0.6) is 5.75 Å². The molecule has 1 atom stereocenters. The predicted octanol–water partition coefficient (Wildman–Crippen LogP) is 2.12. The van der Waals surface area contributed by atoms with Crippen molar-refractivity contribution in [3.8, 4) is 5.75 Å². The molecule has 16 heavy (non-hydrogen) atoms. The molecule has 1 heterocycles. The number of para-hydroxylation sites is 1. The van der Waals surface area contributed by atoms with Crippen LogP contribution in [-0.2, 0) is 6.42 Å². The SMILES string of the molecule is CC(C)NCC1CCc2cccc(O)c2N1. The molecule has 0 aromatic heterocycles. The molecule has 1 aliphatic heterocycles. The number of hydrogen-bond acceptors (Lipinski definition) is 3. The smallest absolute Gasteiger partial charge is 0.138 e. The second-order valence-electron chi connectivity index (χ2n) is 4.75. The first kappa shape index (κ1) is 11.3. The molecule has 0 saturated carbocycles. The average Bonchev–Trinajstić information content (AvgIpc) is 2.27.